The van der Waals surface area contributed by atoms with Crippen molar-refractivity contribution in [3.8, 4) is 0 Å². The van der Waals surface area contributed by atoms with Crippen molar-refractivity contribution in [2.45, 2.75) is 51.6 Å². The Morgan fingerprint density at radius 2 is 1.71 bits per heavy atom. The van der Waals surface area contributed by atoms with Crippen molar-refractivity contribution in [1.29, 1.82) is 0 Å². The number of hydrogen-bond donors (Lipinski definition) is 1. The van der Waals surface area contributed by atoms with Crippen LogP contribution in [0.4, 0.5) is 0 Å². The largest absolute Gasteiger partial charge is 0.360 e. The predicted octanol–water partition coefficient (Wildman–Crippen LogP) is 1.83. The van der Waals surface area contributed by atoms with Gasteiger partial charge < -0.3 is 10.2 Å². The maximum Gasteiger partial charge on any atom is 0.169 e. The normalized spacial score (nSPS) is 23.4. The van der Waals surface area contributed by atoms with E-state index in [1.54, 1.807) is 0 Å². The van der Waals surface area contributed by atoms with E-state index in [9.17, 15) is 0 Å². The minimum absolute atomic E-state index is 0.644. The van der Waals surface area contributed by atoms with Gasteiger partial charge in [-0.2, -0.15) is 0 Å². The van der Waals surface area contributed by atoms with E-state index in [4.69, 9.17) is 12.2 Å². The first kappa shape index (κ1) is 13.1. The molecule has 1 heterocycles. The van der Waals surface area contributed by atoms with Crippen molar-refractivity contribution in [1.82, 2.24) is 15.1 Å². The first-order chi connectivity index (χ1) is 8.16. The van der Waals surface area contributed by atoms with Gasteiger partial charge in [-0.25, -0.2) is 0 Å². The summed E-state index contributed by atoms with van der Waals surface area (Å²) in [5.74, 6) is 0. The summed E-state index contributed by atoms with van der Waals surface area (Å²) in [6.07, 6.45) is 5.32. The minimum atomic E-state index is 0.644. The molecule has 4 heteroatoms. The van der Waals surface area contributed by atoms with E-state index in [2.05, 4.69) is 29.0 Å². The van der Waals surface area contributed by atoms with Crippen LogP contribution in [0, 0.1) is 0 Å². The lowest BCUT2D eigenvalue weighted by Gasteiger charge is -2.38. The second-order valence-electron chi connectivity index (χ2n) is 5.55. The second-order valence-corrected chi connectivity index (χ2v) is 5.93. The zero-order chi connectivity index (χ0) is 12.3. The molecule has 0 bridgehead atoms. The van der Waals surface area contributed by atoms with Gasteiger partial charge in [0.1, 0.15) is 0 Å². The van der Waals surface area contributed by atoms with Gasteiger partial charge in [0.15, 0.2) is 5.11 Å². The smallest absolute Gasteiger partial charge is 0.169 e. The van der Waals surface area contributed by atoms with Gasteiger partial charge in [-0.1, -0.05) is 12.8 Å². The number of rotatable bonds is 2. The monoisotopic (exact) mass is 255 g/mol. The lowest BCUT2D eigenvalue weighted by Crippen LogP contribution is -2.54. The number of thiocarbonyl (C=S) groups is 1. The molecule has 1 saturated carbocycles. The molecule has 0 radical (unpaired) electrons. The molecule has 17 heavy (non-hydrogen) atoms. The van der Waals surface area contributed by atoms with E-state index in [1.165, 1.54) is 25.7 Å². The highest BCUT2D eigenvalue weighted by Crippen LogP contribution is 2.18. The summed E-state index contributed by atoms with van der Waals surface area (Å²) in [6.45, 7) is 8.98. The van der Waals surface area contributed by atoms with Gasteiger partial charge in [-0.3, -0.25) is 4.90 Å². The Morgan fingerprint density at radius 1 is 1.12 bits per heavy atom. The molecule has 1 aliphatic heterocycles. The van der Waals surface area contributed by atoms with E-state index >= 15 is 0 Å². The van der Waals surface area contributed by atoms with E-state index < -0.39 is 0 Å². The highest BCUT2D eigenvalue weighted by molar-refractivity contribution is 7.80. The zero-order valence-electron chi connectivity index (χ0n) is 11.1. The predicted molar refractivity (Wildman–Crippen MR) is 76.3 cm³/mol. The first-order valence-electron chi connectivity index (χ1n) is 6.96. The quantitative estimate of drug-likeness (QED) is 0.759. The lowest BCUT2D eigenvalue weighted by atomic mass is 10.2. The van der Waals surface area contributed by atoms with Crippen LogP contribution in [0.5, 0.6) is 0 Å². The standard InChI is InChI=1S/C13H25N3S/c1-11(2)15-7-9-16(10-8-15)13(17)14-12-5-3-4-6-12/h11-12H,3-10H2,1-2H3,(H,14,17). The van der Waals surface area contributed by atoms with Gasteiger partial charge in [0, 0.05) is 38.3 Å². The molecular weight excluding hydrogens is 230 g/mol. The van der Waals surface area contributed by atoms with Crippen LogP contribution < -0.4 is 5.32 Å². The highest BCUT2D eigenvalue weighted by Gasteiger charge is 2.22. The fourth-order valence-electron chi connectivity index (χ4n) is 2.78. The first-order valence-corrected chi connectivity index (χ1v) is 7.37. The highest BCUT2D eigenvalue weighted by atomic mass is 32.1. The van der Waals surface area contributed by atoms with Crippen LogP contribution in [0.25, 0.3) is 0 Å². The van der Waals surface area contributed by atoms with Gasteiger partial charge in [-0.05, 0) is 38.9 Å². The van der Waals surface area contributed by atoms with Gasteiger partial charge >= 0.3 is 0 Å². The average Bonchev–Trinajstić information content (AvgIpc) is 2.82. The Balaban J connectivity index is 1.74. The van der Waals surface area contributed by atoms with Crippen molar-refractivity contribution in [3.05, 3.63) is 0 Å². The van der Waals surface area contributed by atoms with Crippen LogP contribution in [-0.2, 0) is 0 Å². The molecule has 1 N–H and O–H groups in total. The Bertz CT molecular complexity index is 253. The Morgan fingerprint density at radius 3 is 2.24 bits per heavy atom. The van der Waals surface area contributed by atoms with E-state index in [0.29, 0.717) is 12.1 Å². The van der Waals surface area contributed by atoms with E-state index in [0.717, 1.165) is 31.3 Å². The summed E-state index contributed by atoms with van der Waals surface area (Å²) in [4.78, 5) is 4.86. The molecule has 1 saturated heterocycles. The summed E-state index contributed by atoms with van der Waals surface area (Å²) < 4.78 is 0. The van der Waals surface area contributed by atoms with Crippen LogP contribution in [-0.4, -0.2) is 53.2 Å². The summed E-state index contributed by atoms with van der Waals surface area (Å²) >= 11 is 5.51. The summed E-state index contributed by atoms with van der Waals surface area (Å²) in [5, 5.41) is 4.52. The fourth-order valence-corrected chi connectivity index (χ4v) is 3.13. The molecule has 0 spiro atoms. The topological polar surface area (TPSA) is 18.5 Å². The van der Waals surface area contributed by atoms with Crippen LogP contribution >= 0.6 is 12.2 Å². The van der Waals surface area contributed by atoms with Gasteiger partial charge in [0.2, 0.25) is 0 Å². The molecule has 0 atom stereocenters. The Hall–Kier alpha value is -0.350. The number of hydrogen-bond acceptors (Lipinski definition) is 2. The molecule has 0 aromatic rings. The second kappa shape index (κ2) is 6.01. The third kappa shape index (κ3) is 3.55. The Kier molecular flexibility index (Phi) is 4.62. The maximum atomic E-state index is 5.51. The number of nitrogens with zero attached hydrogens (tertiary/aromatic N) is 2. The van der Waals surface area contributed by atoms with Crippen LogP contribution in [0.15, 0.2) is 0 Å². The third-order valence-corrected chi connectivity index (χ3v) is 4.39. The molecule has 0 aromatic carbocycles. The average molecular weight is 255 g/mol. The Labute approximate surface area is 111 Å². The maximum absolute atomic E-state index is 5.51. The van der Waals surface area contributed by atoms with Crippen molar-refractivity contribution >= 4 is 17.3 Å². The van der Waals surface area contributed by atoms with Gasteiger partial charge in [0.25, 0.3) is 0 Å². The van der Waals surface area contributed by atoms with Crippen LogP contribution in [0.2, 0.25) is 0 Å². The summed E-state index contributed by atoms with van der Waals surface area (Å²) in [5.41, 5.74) is 0. The van der Waals surface area contributed by atoms with Crippen LogP contribution in [0.3, 0.4) is 0 Å². The molecule has 2 rings (SSSR count). The molecular formula is C13H25N3S. The molecule has 0 amide bonds. The molecule has 3 nitrogen and oxygen atoms in total. The lowest BCUT2D eigenvalue weighted by molar-refractivity contribution is 0.147. The van der Waals surface area contributed by atoms with Gasteiger partial charge in [-0.15, -0.1) is 0 Å². The fraction of sp³-hybridized carbons (Fsp3) is 0.923. The van der Waals surface area contributed by atoms with Crippen molar-refractivity contribution in [2.75, 3.05) is 26.2 Å². The summed E-state index contributed by atoms with van der Waals surface area (Å²) in [7, 11) is 0. The molecule has 1 aliphatic carbocycles. The SMILES string of the molecule is CC(C)N1CCN(C(=S)NC2CCCC2)CC1. The van der Waals surface area contributed by atoms with Crippen molar-refractivity contribution in [3.63, 3.8) is 0 Å². The number of nitrogens with one attached hydrogen (secondary N) is 1. The van der Waals surface area contributed by atoms with Crippen molar-refractivity contribution in [2.24, 2.45) is 0 Å². The minimum Gasteiger partial charge on any atom is -0.360 e. The van der Waals surface area contributed by atoms with E-state index in [1.807, 2.05) is 0 Å². The van der Waals surface area contributed by atoms with E-state index in [-0.39, 0.29) is 0 Å². The molecule has 98 valence electrons. The zero-order valence-corrected chi connectivity index (χ0v) is 11.9. The molecule has 0 unspecified atom stereocenters. The number of piperazine rings is 1. The molecule has 2 aliphatic rings. The van der Waals surface area contributed by atoms with Gasteiger partial charge in [0.05, 0.1) is 0 Å². The molecule has 0 aromatic heterocycles. The van der Waals surface area contributed by atoms with Crippen molar-refractivity contribution < 1.29 is 0 Å². The molecule has 2 fully saturated rings. The van der Waals surface area contributed by atoms with Crippen LogP contribution in [0.1, 0.15) is 39.5 Å². The summed E-state index contributed by atoms with van der Waals surface area (Å²) in [6, 6.07) is 1.30. The third-order valence-electron chi connectivity index (χ3n) is 4.01.